The van der Waals surface area contributed by atoms with Crippen molar-refractivity contribution in [2.75, 3.05) is 6.54 Å². The molecule has 0 aliphatic heterocycles. The number of amides is 1. The van der Waals surface area contributed by atoms with Gasteiger partial charge >= 0.3 is 0 Å². The number of fused-ring (bicyclic) bond motifs is 2. The van der Waals surface area contributed by atoms with Crippen LogP contribution in [-0.2, 0) is 24.1 Å². The van der Waals surface area contributed by atoms with Gasteiger partial charge in [-0.3, -0.25) is 4.79 Å². The van der Waals surface area contributed by atoms with Gasteiger partial charge in [0.05, 0.1) is 0 Å². The van der Waals surface area contributed by atoms with Gasteiger partial charge in [-0.1, -0.05) is 76.3 Å². The SMILES string of the molecule is C=C(CC(CCCCC)CCC1C2Cc3cccc(CCC(N)=O)c3CC2C[C@H]1C)C(N)CCCCN. The molecule has 0 radical (unpaired) electrons. The van der Waals surface area contributed by atoms with E-state index < -0.39 is 0 Å². The number of primary amides is 1. The third-order valence-electron chi connectivity index (χ3n) is 9.66. The Balaban J connectivity index is 1.62. The summed E-state index contributed by atoms with van der Waals surface area (Å²) in [7, 11) is 0. The number of carbonyl (C=O) groups excluding carboxylic acids is 1. The Morgan fingerprint density at radius 1 is 1.11 bits per heavy atom. The summed E-state index contributed by atoms with van der Waals surface area (Å²) in [5.74, 6) is 3.69. The topological polar surface area (TPSA) is 95.1 Å². The monoisotopic (exact) mass is 509 g/mol. The first-order valence-electron chi connectivity index (χ1n) is 15.3. The Kier molecular flexibility index (Phi) is 12.2. The van der Waals surface area contributed by atoms with Crippen molar-refractivity contribution in [3.63, 3.8) is 0 Å². The van der Waals surface area contributed by atoms with E-state index in [2.05, 4.69) is 38.6 Å². The second-order valence-electron chi connectivity index (χ2n) is 12.4. The molecule has 6 N–H and O–H groups in total. The molecule has 3 rings (SSSR count). The van der Waals surface area contributed by atoms with E-state index in [-0.39, 0.29) is 11.9 Å². The maximum Gasteiger partial charge on any atom is 0.217 e. The lowest BCUT2D eigenvalue weighted by molar-refractivity contribution is -0.117. The van der Waals surface area contributed by atoms with Crippen LogP contribution in [0.4, 0.5) is 0 Å². The molecule has 37 heavy (non-hydrogen) atoms. The van der Waals surface area contributed by atoms with Crippen LogP contribution in [0, 0.1) is 29.6 Å². The van der Waals surface area contributed by atoms with Gasteiger partial charge in [0, 0.05) is 12.5 Å². The fraction of sp³-hybridized carbons (Fsp3) is 0.727. The fourth-order valence-electron chi connectivity index (χ4n) is 7.49. The Morgan fingerprint density at radius 2 is 1.89 bits per heavy atom. The van der Waals surface area contributed by atoms with Gasteiger partial charge in [0.1, 0.15) is 0 Å². The zero-order valence-corrected chi connectivity index (χ0v) is 23.9. The quantitative estimate of drug-likeness (QED) is 0.166. The van der Waals surface area contributed by atoms with Gasteiger partial charge in [0.2, 0.25) is 5.91 Å². The second kappa shape index (κ2) is 15.1. The van der Waals surface area contributed by atoms with E-state index in [1.54, 1.807) is 0 Å². The number of nitrogens with two attached hydrogens (primary N) is 3. The summed E-state index contributed by atoms with van der Waals surface area (Å²) in [6, 6.07) is 6.86. The van der Waals surface area contributed by atoms with Crippen LogP contribution in [0.5, 0.6) is 0 Å². The minimum absolute atomic E-state index is 0.119. The van der Waals surface area contributed by atoms with Crippen molar-refractivity contribution in [3.05, 3.63) is 47.0 Å². The molecule has 1 aromatic carbocycles. The van der Waals surface area contributed by atoms with Crippen molar-refractivity contribution in [2.24, 2.45) is 46.8 Å². The van der Waals surface area contributed by atoms with E-state index in [0.29, 0.717) is 12.3 Å². The maximum absolute atomic E-state index is 11.4. The number of hydrogen-bond acceptors (Lipinski definition) is 3. The molecule has 1 fully saturated rings. The molecule has 6 atom stereocenters. The van der Waals surface area contributed by atoms with Crippen LogP contribution in [0.2, 0.25) is 0 Å². The summed E-state index contributed by atoms with van der Waals surface area (Å²) >= 11 is 0. The lowest BCUT2D eigenvalue weighted by Gasteiger charge is -2.34. The molecule has 0 bridgehead atoms. The first kappa shape index (κ1) is 29.9. The molecule has 0 heterocycles. The molecule has 1 aromatic rings. The summed E-state index contributed by atoms with van der Waals surface area (Å²) in [4.78, 5) is 11.4. The Labute approximate surface area is 227 Å². The third-order valence-corrected chi connectivity index (χ3v) is 9.66. The van der Waals surface area contributed by atoms with Gasteiger partial charge in [0.15, 0.2) is 0 Å². The molecule has 1 amide bonds. The highest BCUT2D eigenvalue weighted by Gasteiger charge is 2.43. The smallest absolute Gasteiger partial charge is 0.217 e. The zero-order valence-electron chi connectivity index (χ0n) is 23.9. The summed E-state index contributed by atoms with van der Waals surface area (Å²) in [5, 5.41) is 0. The van der Waals surface area contributed by atoms with E-state index in [1.807, 2.05) is 0 Å². The number of unbranched alkanes of at least 4 members (excludes halogenated alkanes) is 3. The third kappa shape index (κ3) is 8.68. The lowest BCUT2D eigenvalue weighted by Crippen LogP contribution is -2.27. The molecule has 2 aliphatic carbocycles. The van der Waals surface area contributed by atoms with E-state index >= 15 is 0 Å². The van der Waals surface area contributed by atoms with Crippen molar-refractivity contribution in [1.82, 2.24) is 0 Å². The van der Waals surface area contributed by atoms with Crippen LogP contribution < -0.4 is 17.2 Å². The predicted molar refractivity (Wildman–Crippen MR) is 157 cm³/mol. The fourth-order valence-corrected chi connectivity index (χ4v) is 7.49. The molecular weight excluding hydrogens is 454 g/mol. The molecule has 4 heteroatoms. The highest BCUT2D eigenvalue weighted by molar-refractivity contribution is 5.74. The van der Waals surface area contributed by atoms with Gasteiger partial charge < -0.3 is 17.2 Å². The maximum atomic E-state index is 11.4. The van der Waals surface area contributed by atoms with Crippen LogP contribution in [0.15, 0.2) is 30.4 Å². The molecular formula is C33H55N3O. The second-order valence-corrected chi connectivity index (χ2v) is 12.4. The number of benzene rings is 1. The van der Waals surface area contributed by atoms with Crippen LogP contribution in [0.1, 0.15) is 108 Å². The average molecular weight is 510 g/mol. The first-order chi connectivity index (χ1) is 17.8. The first-order valence-corrected chi connectivity index (χ1v) is 15.3. The highest BCUT2D eigenvalue weighted by Crippen LogP contribution is 2.50. The summed E-state index contributed by atoms with van der Waals surface area (Å²) in [5.41, 5.74) is 23.3. The molecule has 0 spiro atoms. The summed E-state index contributed by atoms with van der Waals surface area (Å²) in [6.45, 7) is 9.98. The normalized spacial score (nSPS) is 24.3. The Morgan fingerprint density at radius 3 is 2.62 bits per heavy atom. The standard InChI is InChI=1S/C33H55N3O/c1-4-5-6-10-25(19-24(3)32(35)13-7-8-18-34)14-16-29-23(2)20-28-22-30-26(15-17-33(36)37)11-9-12-27(30)21-31(28)29/h9,11-12,23,25,28-29,31-32H,3-8,10,13-22,34-35H2,1-2H3,(H2,36,37)/t23-,25?,28?,29?,31?,32?/m1/s1. The molecule has 0 aromatic heterocycles. The number of hydrogen-bond donors (Lipinski definition) is 3. The summed E-state index contributed by atoms with van der Waals surface area (Å²) < 4.78 is 0. The van der Waals surface area contributed by atoms with Gasteiger partial charge in [-0.05, 0) is 111 Å². The van der Waals surface area contributed by atoms with Crippen LogP contribution in [0.3, 0.4) is 0 Å². The average Bonchev–Trinajstić information content (AvgIpc) is 3.18. The molecule has 4 nitrogen and oxygen atoms in total. The van der Waals surface area contributed by atoms with Crippen LogP contribution in [-0.4, -0.2) is 18.5 Å². The zero-order chi connectivity index (χ0) is 26.8. The highest BCUT2D eigenvalue weighted by atomic mass is 16.1. The van der Waals surface area contributed by atoms with Gasteiger partial charge in [-0.15, -0.1) is 0 Å². The van der Waals surface area contributed by atoms with Crippen molar-refractivity contribution in [1.29, 1.82) is 0 Å². The van der Waals surface area contributed by atoms with Crippen molar-refractivity contribution < 1.29 is 4.79 Å². The molecule has 0 saturated heterocycles. The number of aryl methyl sites for hydroxylation is 1. The van der Waals surface area contributed by atoms with E-state index in [1.165, 1.54) is 80.1 Å². The Hall–Kier alpha value is -1.65. The van der Waals surface area contributed by atoms with Crippen molar-refractivity contribution >= 4 is 5.91 Å². The molecule has 208 valence electrons. The van der Waals surface area contributed by atoms with Crippen LogP contribution >= 0.6 is 0 Å². The van der Waals surface area contributed by atoms with E-state index in [4.69, 9.17) is 17.2 Å². The minimum Gasteiger partial charge on any atom is -0.370 e. The number of carbonyl (C=O) groups is 1. The number of rotatable bonds is 17. The van der Waals surface area contributed by atoms with E-state index in [0.717, 1.165) is 62.3 Å². The van der Waals surface area contributed by atoms with Crippen molar-refractivity contribution in [3.8, 4) is 0 Å². The van der Waals surface area contributed by atoms with E-state index in [9.17, 15) is 4.79 Å². The molecule has 5 unspecified atom stereocenters. The largest absolute Gasteiger partial charge is 0.370 e. The van der Waals surface area contributed by atoms with Crippen LogP contribution in [0.25, 0.3) is 0 Å². The predicted octanol–water partition coefficient (Wildman–Crippen LogP) is 6.47. The molecule has 1 saturated carbocycles. The minimum atomic E-state index is -0.200. The Bertz CT molecular complexity index is 865. The van der Waals surface area contributed by atoms with Gasteiger partial charge in [-0.25, -0.2) is 0 Å². The van der Waals surface area contributed by atoms with Gasteiger partial charge in [-0.2, -0.15) is 0 Å². The van der Waals surface area contributed by atoms with Gasteiger partial charge in [0.25, 0.3) is 0 Å². The lowest BCUT2D eigenvalue weighted by atomic mass is 9.71. The summed E-state index contributed by atoms with van der Waals surface area (Å²) in [6.07, 6.45) is 17.1. The van der Waals surface area contributed by atoms with Crippen molar-refractivity contribution in [2.45, 2.75) is 116 Å². The molecule has 2 aliphatic rings.